The van der Waals surface area contributed by atoms with E-state index in [1.165, 1.54) is 0 Å². The highest BCUT2D eigenvalue weighted by Gasteiger charge is 2.18. The van der Waals surface area contributed by atoms with Crippen LogP contribution in [0.4, 0.5) is 11.4 Å². The van der Waals surface area contributed by atoms with Gasteiger partial charge in [0.1, 0.15) is 0 Å². The van der Waals surface area contributed by atoms with Gasteiger partial charge in [0.25, 0.3) is 0 Å². The van der Waals surface area contributed by atoms with Crippen molar-refractivity contribution in [2.75, 3.05) is 38.2 Å². The van der Waals surface area contributed by atoms with E-state index in [1.807, 2.05) is 12.1 Å². The fraction of sp³-hybridized carbons (Fsp3) is 0.455. The lowest BCUT2D eigenvalue weighted by Crippen LogP contribution is -2.43. The molecular weight excluding hydrogens is 204 g/mol. The molecule has 0 bridgehead atoms. The summed E-state index contributed by atoms with van der Waals surface area (Å²) in [5.41, 5.74) is 1.56. The van der Waals surface area contributed by atoms with Crippen molar-refractivity contribution in [3.63, 3.8) is 0 Å². The van der Waals surface area contributed by atoms with Crippen molar-refractivity contribution >= 4 is 11.4 Å². The molecule has 1 fully saturated rings. The molecule has 2 rings (SSSR count). The maximum atomic E-state index is 8.77. The van der Waals surface area contributed by atoms with Gasteiger partial charge in [-0.25, -0.2) is 0 Å². The quantitative estimate of drug-likeness (QED) is 0.767. The topological polar surface area (TPSA) is 52.6 Å². The molecule has 0 aliphatic carbocycles. The maximum Gasteiger partial charge on any atom is 0.426 e. The van der Waals surface area contributed by atoms with Gasteiger partial charge in [-0.2, -0.15) is 0 Å². The molecule has 1 aromatic rings. The Morgan fingerprint density at radius 1 is 1.38 bits per heavy atom. The lowest BCUT2D eigenvalue weighted by molar-refractivity contribution is 0.417. The van der Waals surface area contributed by atoms with E-state index in [0.717, 1.165) is 31.9 Å². The summed E-state index contributed by atoms with van der Waals surface area (Å²) in [4.78, 5) is 5.45. The fourth-order valence-corrected chi connectivity index (χ4v) is 1.87. The van der Waals surface area contributed by atoms with E-state index in [0.29, 0.717) is 11.4 Å². The van der Waals surface area contributed by atoms with E-state index >= 15 is 0 Å². The number of diazo groups is 1. The molecule has 84 valence electrons. The minimum absolute atomic E-state index is 0.460. The van der Waals surface area contributed by atoms with Crippen molar-refractivity contribution in [2.24, 2.45) is 0 Å². The first kappa shape index (κ1) is 10.7. The second-order valence-corrected chi connectivity index (χ2v) is 3.69. The average molecular weight is 219 g/mol. The Labute approximate surface area is 94.6 Å². The Morgan fingerprint density at radius 2 is 2.12 bits per heavy atom. The number of ether oxygens (including phenoxy) is 1. The predicted molar refractivity (Wildman–Crippen MR) is 62.8 cm³/mol. The first-order chi connectivity index (χ1) is 7.85. The third-order valence-corrected chi connectivity index (χ3v) is 2.75. The minimum Gasteiger partial charge on any atom is -0.489 e. The molecule has 1 aliphatic rings. The number of hydrogen-bond acceptors (Lipinski definition) is 4. The van der Waals surface area contributed by atoms with Crippen molar-refractivity contribution in [3.05, 3.63) is 23.2 Å². The van der Waals surface area contributed by atoms with Crippen molar-refractivity contribution in [3.8, 4) is 5.75 Å². The molecule has 0 unspecified atom stereocenters. The minimum atomic E-state index is 0.460. The largest absolute Gasteiger partial charge is 0.489 e. The van der Waals surface area contributed by atoms with Crippen LogP contribution in [-0.2, 0) is 0 Å². The van der Waals surface area contributed by atoms with Crippen LogP contribution in [0.5, 0.6) is 5.75 Å². The van der Waals surface area contributed by atoms with E-state index in [2.05, 4.69) is 15.2 Å². The van der Waals surface area contributed by atoms with Gasteiger partial charge < -0.3 is 15.0 Å². The Hall–Kier alpha value is -1.80. The van der Waals surface area contributed by atoms with Crippen molar-refractivity contribution in [2.45, 2.75) is 0 Å². The number of hydrogen-bond donors (Lipinski definition) is 1. The predicted octanol–water partition coefficient (Wildman–Crippen LogP) is 1.59. The molecule has 1 N–H and O–H groups in total. The van der Waals surface area contributed by atoms with Gasteiger partial charge >= 0.3 is 5.69 Å². The molecule has 0 atom stereocenters. The summed E-state index contributed by atoms with van der Waals surface area (Å²) in [6, 6.07) is 5.61. The van der Waals surface area contributed by atoms with E-state index < -0.39 is 0 Å². The van der Waals surface area contributed by atoms with E-state index in [1.54, 1.807) is 13.2 Å². The Bertz CT molecular complexity index is 407. The maximum absolute atomic E-state index is 8.77. The molecule has 5 nitrogen and oxygen atoms in total. The number of anilines is 1. The lowest BCUT2D eigenvalue weighted by atomic mass is 10.2. The molecular formula is C11H15N4O+. The molecule has 1 saturated heterocycles. The van der Waals surface area contributed by atoms with Crippen LogP contribution in [0.15, 0.2) is 18.2 Å². The average Bonchev–Trinajstić information content (AvgIpc) is 2.39. The Kier molecular flexibility index (Phi) is 3.22. The summed E-state index contributed by atoms with van der Waals surface area (Å²) in [5.74, 6) is 0.596. The van der Waals surface area contributed by atoms with E-state index in [-0.39, 0.29) is 0 Å². The van der Waals surface area contributed by atoms with Crippen LogP contribution in [0.1, 0.15) is 0 Å². The number of rotatable bonds is 2. The van der Waals surface area contributed by atoms with Gasteiger partial charge in [0, 0.05) is 44.0 Å². The number of piperazine rings is 1. The summed E-state index contributed by atoms with van der Waals surface area (Å²) in [6.07, 6.45) is 0. The molecule has 0 saturated carbocycles. The fourth-order valence-electron chi connectivity index (χ4n) is 1.87. The highest BCUT2D eigenvalue weighted by molar-refractivity contribution is 5.65. The zero-order valence-electron chi connectivity index (χ0n) is 9.31. The Morgan fingerprint density at radius 3 is 2.75 bits per heavy atom. The van der Waals surface area contributed by atoms with Crippen LogP contribution < -0.4 is 15.0 Å². The zero-order valence-corrected chi connectivity index (χ0v) is 9.31. The molecule has 0 spiro atoms. The SMILES string of the molecule is COc1cc(N2CCNCC2)ccc1[N+]#N. The number of nitrogens with one attached hydrogen (secondary N) is 1. The van der Waals surface area contributed by atoms with Crippen molar-refractivity contribution < 1.29 is 4.74 Å². The molecule has 16 heavy (non-hydrogen) atoms. The van der Waals surface area contributed by atoms with Crippen LogP contribution in [0, 0.1) is 5.39 Å². The summed E-state index contributed by atoms with van der Waals surface area (Å²) in [7, 11) is 1.57. The molecule has 0 amide bonds. The van der Waals surface area contributed by atoms with Crippen LogP contribution in [0.3, 0.4) is 0 Å². The second-order valence-electron chi connectivity index (χ2n) is 3.69. The van der Waals surface area contributed by atoms with E-state index in [9.17, 15) is 0 Å². The third kappa shape index (κ3) is 2.07. The summed E-state index contributed by atoms with van der Waals surface area (Å²) in [6.45, 7) is 3.96. The van der Waals surface area contributed by atoms with Crippen molar-refractivity contribution in [1.82, 2.24) is 5.32 Å². The normalized spacial score (nSPS) is 15.6. The first-order valence-corrected chi connectivity index (χ1v) is 5.34. The van der Waals surface area contributed by atoms with Gasteiger partial charge in [-0.05, 0) is 6.07 Å². The third-order valence-electron chi connectivity index (χ3n) is 2.75. The van der Waals surface area contributed by atoms with Gasteiger partial charge in [-0.3, -0.25) is 0 Å². The standard InChI is InChI=1S/C11H15N4O/c1-16-11-8-9(2-3-10(11)14-12)15-6-4-13-5-7-15/h2-3,8,13H,4-7H2,1H3/q+1. The first-order valence-electron chi connectivity index (χ1n) is 5.34. The van der Waals surface area contributed by atoms with Gasteiger partial charge in [0.15, 0.2) is 4.98 Å². The molecule has 1 aromatic carbocycles. The highest BCUT2D eigenvalue weighted by atomic mass is 16.5. The summed E-state index contributed by atoms with van der Waals surface area (Å²) < 4.78 is 5.17. The van der Waals surface area contributed by atoms with Crippen LogP contribution >= 0.6 is 0 Å². The molecule has 1 aliphatic heterocycles. The van der Waals surface area contributed by atoms with Crippen LogP contribution in [0.2, 0.25) is 0 Å². The summed E-state index contributed by atoms with van der Waals surface area (Å²) in [5, 5.41) is 12.1. The number of methoxy groups -OCH3 is 1. The lowest BCUT2D eigenvalue weighted by Gasteiger charge is -2.29. The Balaban J connectivity index is 2.25. The number of nitrogens with zero attached hydrogens (tertiary/aromatic N) is 3. The van der Waals surface area contributed by atoms with Gasteiger partial charge in [0.05, 0.1) is 7.11 Å². The number of benzene rings is 1. The highest BCUT2D eigenvalue weighted by Crippen LogP contribution is 2.31. The second kappa shape index (κ2) is 4.81. The van der Waals surface area contributed by atoms with Gasteiger partial charge in [0.2, 0.25) is 11.1 Å². The van der Waals surface area contributed by atoms with Gasteiger partial charge in [-0.1, -0.05) is 0 Å². The molecule has 0 aromatic heterocycles. The molecule has 1 heterocycles. The van der Waals surface area contributed by atoms with Crippen LogP contribution in [-0.4, -0.2) is 33.3 Å². The monoisotopic (exact) mass is 219 g/mol. The van der Waals surface area contributed by atoms with Crippen molar-refractivity contribution in [1.29, 1.82) is 5.39 Å². The summed E-state index contributed by atoms with van der Waals surface area (Å²) >= 11 is 0. The van der Waals surface area contributed by atoms with E-state index in [4.69, 9.17) is 10.1 Å². The van der Waals surface area contributed by atoms with Crippen LogP contribution in [0.25, 0.3) is 4.98 Å². The van der Waals surface area contributed by atoms with Gasteiger partial charge in [-0.15, -0.1) is 0 Å². The molecule has 0 radical (unpaired) electrons. The zero-order chi connectivity index (χ0) is 11.4. The molecule has 5 heteroatoms. The smallest absolute Gasteiger partial charge is 0.426 e.